The van der Waals surface area contributed by atoms with E-state index in [1.807, 2.05) is 0 Å². The summed E-state index contributed by atoms with van der Waals surface area (Å²) in [6.45, 7) is 17.5. The summed E-state index contributed by atoms with van der Waals surface area (Å²) in [4.78, 5) is 31.8. The van der Waals surface area contributed by atoms with Crippen LogP contribution in [0.4, 0.5) is 0 Å². The van der Waals surface area contributed by atoms with Crippen LogP contribution in [0.15, 0.2) is 12.2 Å². The quantitative estimate of drug-likeness (QED) is 0.139. The van der Waals surface area contributed by atoms with Crippen molar-refractivity contribution in [3.05, 3.63) is 12.2 Å². The number of hydrogen-bond donors (Lipinski definition) is 5. The largest absolute Gasteiger partial charge is 0.481 e. The minimum absolute atomic E-state index is 0.0348. The molecule has 50 heavy (non-hydrogen) atoms. The number of allylic oxidation sites excluding steroid dienone is 1. The van der Waals surface area contributed by atoms with Crippen LogP contribution in [0, 0.1) is 56.7 Å². The Morgan fingerprint density at radius 1 is 0.860 bits per heavy atom. The lowest BCUT2D eigenvalue weighted by atomic mass is 9.32. The normalized spacial score (nSPS) is 49.6. The molecule has 284 valence electrons. The van der Waals surface area contributed by atoms with E-state index in [-0.39, 0.29) is 46.1 Å². The molecule has 11 nitrogen and oxygen atoms in total. The zero-order chi connectivity index (χ0) is 36.8. The van der Waals surface area contributed by atoms with Crippen molar-refractivity contribution in [1.82, 2.24) is 5.06 Å². The van der Waals surface area contributed by atoms with Gasteiger partial charge in [-0.1, -0.05) is 46.8 Å². The third-order valence-corrected chi connectivity index (χ3v) is 16.4. The number of carboxylic acids is 1. The number of hydroxylamine groups is 2. The van der Waals surface area contributed by atoms with E-state index in [1.165, 1.54) is 7.11 Å². The van der Waals surface area contributed by atoms with Gasteiger partial charge in [-0.25, -0.2) is 0 Å². The highest BCUT2D eigenvalue weighted by molar-refractivity contribution is 5.76. The molecular weight excluding hydrogens is 642 g/mol. The molecule has 15 atom stereocenters. The molecule has 0 bridgehead atoms. The SMILES string of the molecule is C=C(C)[C@@H]1CC[C@]2(C(=O)O)CC[C@]3(C)[C@H](CC[C@@H]4[C@@]5(C)CC[C@H](OC(=O)CN(OC)C6O[C@H](CO)[C@H](O)[C@H](O)[C@H]6O)C(C)(C)[C@@H]5CC[C@]43C)[C@@H]12. The molecule has 0 aromatic carbocycles. The second kappa shape index (κ2) is 13.1. The third kappa shape index (κ3) is 5.37. The number of ether oxygens (including phenoxy) is 2. The molecule has 0 aromatic rings. The number of carbonyl (C=O) groups excluding carboxylic acids is 1. The number of carbonyl (C=O) groups is 2. The van der Waals surface area contributed by atoms with Crippen LogP contribution in [0.2, 0.25) is 0 Å². The monoisotopic (exact) mass is 705 g/mol. The van der Waals surface area contributed by atoms with Gasteiger partial charge in [0, 0.05) is 5.41 Å². The van der Waals surface area contributed by atoms with Crippen molar-refractivity contribution in [3.8, 4) is 0 Å². The molecule has 1 aliphatic heterocycles. The second-order valence-electron chi connectivity index (χ2n) is 18.5. The number of aliphatic hydroxyl groups excluding tert-OH is 4. The average Bonchev–Trinajstić information content (AvgIpc) is 3.46. The van der Waals surface area contributed by atoms with Gasteiger partial charge in [-0.3, -0.25) is 14.4 Å². The van der Waals surface area contributed by atoms with Gasteiger partial charge in [-0.05, 0) is 117 Å². The number of fused-ring (bicyclic) bond motifs is 7. The maximum atomic E-state index is 13.5. The summed E-state index contributed by atoms with van der Waals surface area (Å²) in [6.07, 6.45) is 1.79. The van der Waals surface area contributed by atoms with Gasteiger partial charge in [0.2, 0.25) is 0 Å². The summed E-state index contributed by atoms with van der Waals surface area (Å²) >= 11 is 0. The lowest BCUT2D eigenvalue weighted by Gasteiger charge is -2.72. The van der Waals surface area contributed by atoms with Crippen LogP contribution in [-0.2, 0) is 23.9 Å². The summed E-state index contributed by atoms with van der Waals surface area (Å²) < 4.78 is 11.8. The van der Waals surface area contributed by atoms with Crippen LogP contribution in [0.5, 0.6) is 0 Å². The molecule has 5 aliphatic carbocycles. The van der Waals surface area contributed by atoms with Crippen molar-refractivity contribution in [2.75, 3.05) is 20.3 Å². The third-order valence-electron chi connectivity index (χ3n) is 16.4. The predicted octanol–water partition coefficient (Wildman–Crippen LogP) is 4.30. The summed E-state index contributed by atoms with van der Waals surface area (Å²) in [5.74, 6) is 0.404. The Hall–Kier alpha value is -1.60. The Morgan fingerprint density at radius 2 is 1.56 bits per heavy atom. The first kappa shape index (κ1) is 38.1. The summed E-state index contributed by atoms with van der Waals surface area (Å²) in [5.41, 5.74) is 0.327. The Kier molecular flexibility index (Phi) is 9.96. The lowest BCUT2D eigenvalue weighted by molar-refractivity contribution is -0.327. The highest BCUT2D eigenvalue weighted by Gasteiger charge is 2.72. The maximum Gasteiger partial charge on any atom is 0.323 e. The van der Waals surface area contributed by atoms with Crippen LogP contribution in [0.1, 0.15) is 106 Å². The minimum atomic E-state index is -1.59. The van der Waals surface area contributed by atoms with E-state index in [0.717, 1.165) is 68.4 Å². The molecule has 5 N–H and O–H groups in total. The van der Waals surface area contributed by atoms with Crippen molar-refractivity contribution < 1.29 is 49.4 Å². The Balaban J connectivity index is 1.19. The fourth-order valence-corrected chi connectivity index (χ4v) is 13.6. The standard InChI is InChI=1S/C39H63NO10/c1-21(2)22-11-16-39(34(46)47)18-17-37(6)23(29(22)39)9-10-26-36(5)14-13-27(35(3,4)25(36)12-15-38(26,37)7)50-28(42)19-40(48-8)33-32(45)31(44)30(43)24(20-41)49-33/h22-27,29-33,41,43-45H,1,9-20H2,2-8H3,(H,46,47)/t22-,23+,24+,25-,26+,27-,29+,30-,31-,32+,33?,36-,37+,38+,39-/m0/s1. The van der Waals surface area contributed by atoms with Gasteiger partial charge in [0.05, 0.1) is 19.1 Å². The second-order valence-corrected chi connectivity index (χ2v) is 18.5. The van der Waals surface area contributed by atoms with E-state index in [9.17, 15) is 35.1 Å². The van der Waals surface area contributed by atoms with E-state index in [1.54, 1.807) is 0 Å². The Morgan fingerprint density at radius 3 is 2.18 bits per heavy atom. The Labute approximate surface area is 297 Å². The molecule has 0 radical (unpaired) electrons. The molecule has 0 spiro atoms. The molecule has 0 amide bonds. The smallest absolute Gasteiger partial charge is 0.323 e. The molecule has 1 unspecified atom stereocenters. The topological polar surface area (TPSA) is 166 Å². The molecule has 5 saturated carbocycles. The Bertz CT molecular complexity index is 1340. The van der Waals surface area contributed by atoms with Crippen LogP contribution < -0.4 is 0 Å². The van der Waals surface area contributed by atoms with Gasteiger partial charge in [0.25, 0.3) is 0 Å². The van der Waals surface area contributed by atoms with Crippen LogP contribution in [0.3, 0.4) is 0 Å². The van der Waals surface area contributed by atoms with Crippen molar-refractivity contribution in [2.45, 2.75) is 142 Å². The van der Waals surface area contributed by atoms with Crippen LogP contribution in [-0.4, -0.2) is 99.5 Å². The molecular formula is C39H63NO10. The van der Waals surface area contributed by atoms with E-state index in [4.69, 9.17) is 14.3 Å². The minimum Gasteiger partial charge on any atom is -0.481 e. The van der Waals surface area contributed by atoms with Crippen molar-refractivity contribution >= 4 is 11.9 Å². The first-order valence-electron chi connectivity index (χ1n) is 19.0. The molecule has 11 heteroatoms. The molecule has 6 fully saturated rings. The highest BCUT2D eigenvalue weighted by atomic mass is 16.7. The van der Waals surface area contributed by atoms with Crippen LogP contribution in [0.25, 0.3) is 0 Å². The van der Waals surface area contributed by atoms with Crippen LogP contribution >= 0.6 is 0 Å². The number of carboxylic acid groups (broad SMARTS) is 1. The number of rotatable bonds is 8. The predicted molar refractivity (Wildman–Crippen MR) is 184 cm³/mol. The van der Waals surface area contributed by atoms with Gasteiger partial charge in [0.15, 0.2) is 6.23 Å². The number of hydrogen-bond acceptors (Lipinski definition) is 10. The van der Waals surface area contributed by atoms with Gasteiger partial charge in [0.1, 0.15) is 37.1 Å². The van der Waals surface area contributed by atoms with E-state index in [2.05, 4.69) is 48.1 Å². The average molecular weight is 706 g/mol. The molecule has 6 aliphatic rings. The molecule has 1 heterocycles. The lowest BCUT2D eigenvalue weighted by Crippen LogP contribution is -2.67. The van der Waals surface area contributed by atoms with Gasteiger partial charge < -0.3 is 35.0 Å². The number of esters is 1. The fraction of sp³-hybridized carbons (Fsp3) is 0.897. The first-order chi connectivity index (χ1) is 23.3. The number of aliphatic hydroxyl groups is 4. The van der Waals surface area contributed by atoms with E-state index in [0.29, 0.717) is 24.2 Å². The van der Waals surface area contributed by atoms with Crippen molar-refractivity contribution in [2.24, 2.45) is 56.7 Å². The fourth-order valence-electron chi connectivity index (χ4n) is 13.6. The van der Waals surface area contributed by atoms with Gasteiger partial charge in [-0.15, -0.1) is 5.06 Å². The maximum absolute atomic E-state index is 13.5. The molecule has 1 saturated heterocycles. The first-order valence-corrected chi connectivity index (χ1v) is 19.0. The molecule has 0 aromatic heterocycles. The zero-order valence-corrected chi connectivity index (χ0v) is 31.3. The summed E-state index contributed by atoms with van der Waals surface area (Å²) in [7, 11) is 1.32. The summed E-state index contributed by atoms with van der Waals surface area (Å²) in [6, 6.07) is 0. The number of nitrogens with zero attached hydrogens (tertiary/aromatic N) is 1. The van der Waals surface area contributed by atoms with Crippen molar-refractivity contribution in [3.63, 3.8) is 0 Å². The van der Waals surface area contributed by atoms with E-state index >= 15 is 0 Å². The van der Waals surface area contributed by atoms with E-state index < -0.39 is 54.6 Å². The zero-order valence-electron chi connectivity index (χ0n) is 31.3. The van der Waals surface area contributed by atoms with Gasteiger partial charge in [-0.2, -0.15) is 0 Å². The number of aliphatic carboxylic acids is 1. The summed E-state index contributed by atoms with van der Waals surface area (Å²) in [5, 5.41) is 52.4. The van der Waals surface area contributed by atoms with Gasteiger partial charge >= 0.3 is 11.9 Å². The highest BCUT2D eigenvalue weighted by Crippen LogP contribution is 2.77. The van der Waals surface area contributed by atoms with Crippen molar-refractivity contribution in [1.29, 1.82) is 0 Å². The molecule has 6 rings (SSSR count).